The van der Waals surface area contributed by atoms with Crippen LogP contribution in [0.15, 0.2) is 121 Å². The van der Waals surface area contributed by atoms with E-state index in [0.29, 0.717) is 22.3 Å². The number of aryl methyl sites for hydroxylation is 8. The first-order valence-corrected chi connectivity index (χ1v) is 38.6. The van der Waals surface area contributed by atoms with Gasteiger partial charge < -0.3 is 0 Å². The average molecular weight is 1810 g/mol. The molecule has 20 rings (SSSR count). The van der Waals surface area contributed by atoms with Crippen LogP contribution in [0.5, 0.6) is 0 Å². The molecule has 16 aromatic carbocycles. The zero-order valence-corrected chi connectivity index (χ0v) is 63.9. The van der Waals surface area contributed by atoms with E-state index in [4.69, 9.17) is 0 Å². The Balaban J connectivity index is 0.916. The minimum Gasteiger partial charge on any atom is -0.207 e. The van der Waals surface area contributed by atoms with Crippen LogP contribution in [0.4, 0.5) is 140 Å². The molecule has 0 spiro atoms. The van der Waals surface area contributed by atoms with Crippen molar-refractivity contribution in [1.82, 2.24) is 0 Å². The predicted octanol–water partition coefficient (Wildman–Crippen LogP) is 25.9. The van der Waals surface area contributed by atoms with Gasteiger partial charge in [-0.05, 0) is 161 Å². The molecule has 0 aromatic heterocycles. The fraction of sp³-hybridized carbons (Fsp3) is 0.0833. The van der Waals surface area contributed by atoms with Gasteiger partial charge in [-0.25, -0.2) is 140 Å². The number of fused-ring (bicyclic) bond motifs is 12. The first kappa shape index (κ1) is 83.6. The van der Waals surface area contributed by atoms with Crippen LogP contribution in [0.25, 0.3) is 132 Å². The van der Waals surface area contributed by atoms with Crippen molar-refractivity contribution in [3.05, 3.63) is 352 Å². The molecule has 0 radical (unpaired) electrons. The summed E-state index contributed by atoms with van der Waals surface area (Å²) in [4.78, 5) is 0. The lowest BCUT2D eigenvalue weighted by molar-refractivity contribution is 0.443. The summed E-state index contributed by atoms with van der Waals surface area (Å²) < 4.78 is 573. The van der Waals surface area contributed by atoms with E-state index in [-0.39, 0.29) is 117 Å². The molecular weight excluding hydrogens is 1770 g/mol. The van der Waals surface area contributed by atoms with E-state index in [1.54, 1.807) is 0 Å². The number of halogens is 32. The molecule has 129 heavy (non-hydrogen) atoms. The third kappa shape index (κ3) is 11.0. The number of benzene rings is 16. The Bertz CT molecular complexity index is 6810. The van der Waals surface area contributed by atoms with Gasteiger partial charge in [-0.15, -0.1) is 21.9 Å². The second-order valence-electron chi connectivity index (χ2n) is 31.5. The molecule has 0 amide bonds. The standard InChI is InChI=1S/C96H36BF32/c98-65-49(45-25-29-17-21-33(29)37-9-1-5-13-41(37)45)66(99)74(107)53(73(65)106)57-81(114)89(122)61(90(123)82(57)115)97(62-91(124)83(116)58(84(117)92(62)125)54-75(108)67(100)50(68(101)76(54)109)46-26-30-18-22-34(30)38-10-2-6-14-42(38)46,63-93(126)85(118)59(86(119)94(63)127)55-77(110)69(102)51(70(103)78(55)111)47-27-31-19-23-35(31)39-11-3-7-15-43(39)47)64-95(128)87(120)60(88(121)96(64)129)56-79(112)71(104)52(72(105)80(56)113)48-28-32-20-24-36(32)40-12-4-8-16-44(40)48/h1-16,25-28H,17-24H2/q-1. The molecule has 0 nitrogen and oxygen atoms in total. The van der Waals surface area contributed by atoms with Gasteiger partial charge in [0.15, 0.2) is 140 Å². The summed E-state index contributed by atoms with van der Waals surface area (Å²) in [5, 5.41) is -0.506. The summed E-state index contributed by atoms with van der Waals surface area (Å²) in [6.07, 6.45) is -7.10. The van der Waals surface area contributed by atoms with E-state index in [0.717, 1.165) is 48.5 Å². The zero-order valence-electron chi connectivity index (χ0n) is 63.9. The molecule has 0 fully saturated rings. The molecule has 0 bridgehead atoms. The summed E-state index contributed by atoms with van der Waals surface area (Å²) in [5.41, 5.74) is -50.9. The zero-order chi connectivity index (χ0) is 91.6. The molecule has 0 aliphatic heterocycles. The van der Waals surface area contributed by atoms with Crippen molar-refractivity contribution in [2.45, 2.75) is 51.4 Å². The molecule has 0 saturated carbocycles. The van der Waals surface area contributed by atoms with Gasteiger partial charge in [0.1, 0.15) is 52.7 Å². The lowest BCUT2D eigenvalue weighted by Gasteiger charge is -2.45. The number of rotatable bonds is 12. The Morgan fingerprint density at radius 3 is 0.395 bits per heavy atom. The molecule has 0 unspecified atom stereocenters. The highest BCUT2D eigenvalue weighted by molar-refractivity contribution is 7.20. The van der Waals surface area contributed by atoms with Crippen LogP contribution in [0.3, 0.4) is 0 Å². The van der Waals surface area contributed by atoms with Gasteiger partial charge in [-0.3, -0.25) is 0 Å². The van der Waals surface area contributed by atoms with Crippen molar-refractivity contribution >= 4 is 71.1 Å². The first-order valence-electron chi connectivity index (χ1n) is 38.6. The first-order chi connectivity index (χ1) is 61.4. The van der Waals surface area contributed by atoms with E-state index >= 15 is 140 Å². The summed E-state index contributed by atoms with van der Waals surface area (Å²) in [6.45, 7) is 0. The van der Waals surface area contributed by atoms with Crippen LogP contribution in [0.1, 0.15) is 44.5 Å². The van der Waals surface area contributed by atoms with Crippen LogP contribution < -0.4 is 21.9 Å². The molecule has 0 atom stereocenters. The topological polar surface area (TPSA) is 0 Å². The monoisotopic (exact) mass is 1810 g/mol. The predicted molar refractivity (Wildman–Crippen MR) is 412 cm³/mol. The fourth-order valence-corrected chi connectivity index (χ4v) is 19.4. The molecule has 0 N–H and O–H groups in total. The average Bonchev–Trinajstić information content (AvgIpc) is 0.670. The van der Waals surface area contributed by atoms with E-state index in [1.807, 2.05) is 0 Å². The summed E-state index contributed by atoms with van der Waals surface area (Å²) in [6, 6.07) is 23.7. The van der Waals surface area contributed by atoms with Gasteiger partial charge in [0.25, 0.3) is 0 Å². The molecule has 0 saturated heterocycles. The SMILES string of the molecule is Fc1c(F)c(-c2cc3c(c4ccccc24)CC3)c(F)c(F)c1-c1c(F)c(F)c([B-](c2c(F)c(F)c(-c3c(F)c(F)c(-c4cc5c(c6ccccc46)CC5)c(F)c3F)c(F)c2F)(c2c(F)c(F)c(-c3c(F)c(F)c(-c4cc5c(c6ccccc46)CC5)c(F)c3F)c(F)c2F)c2c(F)c(F)c(-c3c(F)c(F)c(-c4cc5c(c6ccccc46)CC5)c(F)c3F)c(F)c2F)c(F)c1F. The van der Waals surface area contributed by atoms with Crippen molar-refractivity contribution in [3.63, 3.8) is 0 Å². The smallest absolute Gasteiger partial charge is 0.170 e. The number of hydrogen-bond donors (Lipinski definition) is 0. The second kappa shape index (κ2) is 29.2. The van der Waals surface area contributed by atoms with E-state index in [2.05, 4.69) is 0 Å². The maximum absolute atomic E-state index is 19.0. The molecule has 4 aliphatic rings. The van der Waals surface area contributed by atoms with Crippen LogP contribution in [-0.4, -0.2) is 6.15 Å². The largest absolute Gasteiger partial charge is 0.207 e. The summed E-state index contributed by atoms with van der Waals surface area (Å²) in [5.74, 6) is -116. The van der Waals surface area contributed by atoms with Crippen molar-refractivity contribution in [2.24, 2.45) is 0 Å². The van der Waals surface area contributed by atoms with Crippen molar-refractivity contribution < 1.29 is 140 Å². The Morgan fingerprint density at radius 2 is 0.264 bits per heavy atom. The van der Waals surface area contributed by atoms with Gasteiger partial charge in [-0.1, -0.05) is 121 Å². The quantitative estimate of drug-likeness (QED) is 0.0650. The van der Waals surface area contributed by atoms with Crippen LogP contribution in [-0.2, 0) is 51.4 Å². The van der Waals surface area contributed by atoms with Crippen LogP contribution in [0.2, 0.25) is 0 Å². The third-order valence-electron chi connectivity index (χ3n) is 25.6. The van der Waals surface area contributed by atoms with Crippen LogP contribution in [0, 0.1) is 186 Å². The highest BCUT2D eigenvalue weighted by Crippen LogP contribution is 2.53. The molecule has 0 heterocycles. The van der Waals surface area contributed by atoms with E-state index in [1.165, 1.54) is 72.8 Å². The molecular formula is C96H36BF32-. The second-order valence-corrected chi connectivity index (χ2v) is 31.5. The van der Waals surface area contributed by atoms with E-state index in [9.17, 15) is 0 Å². The Labute approximate surface area is 701 Å². The Morgan fingerprint density at radius 1 is 0.140 bits per heavy atom. The lowest BCUT2D eigenvalue weighted by Crippen LogP contribution is -2.81. The molecule has 648 valence electrons. The van der Waals surface area contributed by atoms with Crippen molar-refractivity contribution in [3.8, 4) is 89.0 Å². The normalized spacial score (nSPS) is 13.3. The molecule has 33 heteroatoms. The summed E-state index contributed by atoms with van der Waals surface area (Å²) in [7, 11) is 0. The van der Waals surface area contributed by atoms with Gasteiger partial charge in [0, 0.05) is 0 Å². The summed E-state index contributed by atoms with van der Waals surface area (Å²) >= 11 is 0. The van der Waals surface area contributed by atoms with Crippen molar-refractivity contribution in [1.29, 1.82) is 0 Å². The molecule has 4 aliphatic carbocycles. The third-order valence-corrected chi connectivity index (χ3v) is 25.6. The minimum atomic E-state index is -8.56. The maximum atomic E-state index is 19.0. The van der Waals surface area contributed by atoms with Gasteiger partial charge >= 0.3 is 0 Å². The number of hydrogen-bond acceptors (Lipinski definition) is 0. The Hall–Kier alpha value is -13.6. The maximum Gasteiger partial charge on any atom is 0.170 e. The van der Waals surface area contributed by atoms with Gasteiger partial charge in [0.05, 0.1) is 66.8 Å². The highest BCUT2D eigenvalue weighted by Gasteiger charge is 2.55. The molecule has 16 aromatic rings. The minimum absolute atomic E-state index is 0.0902. The fourth-order valence-electron chi connectivity index (χ4n) is 19.4. The lowest BCUT2D eigenvalue weighted by atomic mass is 9.12. The highest BCUT2D eigenvalue weighted by atomic mass is 19.2. The van der Waals surface area contributed by atoms with Crippen LogP contribution >= 0.6 is 0 Å². The van der Waals surface area contributed by atoms with Gasteiger partial charge in [0.2, 0.25) is 0 Å². The van der Waals surface area contributed by atoms with E-state index < -0.39 is 303 Å². The van der Waals surface area contributed by atoms with Crippen molar-refractivity contribution in [2.75, 3.05) is 0 Å². The Kier molecular flexibility index (Phi) is 18.9. The van der Waals surface area contributed by atoms with Gasteiger partial charge in [-0.2, -0.15) is 0 Å².